The summed E-state index contributed by atoms with van der Waals surface area (Å²) in [6.07, 6.45) is 2.71. The average molecular weight is 286 g/mol. The van der Waals surface area contributed by atoms with Crippen molar-refractivity contribution in [3.63, 3.8) is 0 Å². The monoisotopic (exact) mass is 286 g/mol. The van der Waals surface area contributed by atoms with Gasteiger partial charge in [0.25, 0.3) is 0 Å². The summed E-state index contributed by atoms with van der Waals surface area (Å²) < 4.78 is 20.7. The fourth-order valence-corrected chi connectivity index (χ4v) is 2.08. The molecule has 0 radical (unpaired) electrons. The molecule has 0 aromatic carbocycles. The number of methoxy groups -OCH3 is 1. The first-order valence-electron chi connectivity index (χ1n) is 6.74. The zero-order chi connectivity index (χ0) is 15.1. The van der Waals surface area contributed by atoms with Gasteiger partial charge < -0.3 is 18.9 Å². The van der Waals surface area contributed by atoms with Gasteiger partial charge in [-0.2, -0.15) is 0 Å². The van der Waals surface area contributed by atoms with Gasteiger partial charge in [-0.1, -0.05) is 12.2 Å². The first kappa shape index (κ1) is 16.7. The lowest BCUT2D eigenvalue weighted by Crippen LogP contribution is -2.43. The number of carbonyl (C=O) groups is 2. The molecule has 0 fully saturated rings. The van der Waals surface area contributed by atoms with Crippen molar-refractivity contribution in [2.24, 2.45) is 11.8 Å². The minimum absolute atomic E-state index is 0.138. The molecule has 0 N–H and O–H groups in total. The second kappa shape index (κ2) is 8.01. The van der Waals surface area contributed by atoms with Gasteiger partial charge in [0.05, 0.1) is 25.2 Å². The molecular formula is C14H22O6. The van der Waals surface area contributed by atoms with E-state index in [4.69, 9.17) is 18.9 Å². The molecule has 114 valence electrons. The van der Waals surface area contributed by atoms with Crippen molar-refractivity contribution in [1.82, 2.24) is 0 Å². The Kier molecular flexibility index (Phi) is 6.67. The highest BCUT2D eigenvalue weighted by molar-refractivity contribution is 5.95. The molecule has 1 aliphatic heterocycles. The van der Waals surface area contributed by atoms with E-state index in [-0.39, 0.29) is 19.3 Å². The van der Waals surface area contributed by atoms with Crippen molar-refractivity contribution in [3.05, 3.63) is 12.2 Å². The number of hydrogen-bond acceptors (Lipinski definition) is 6. The molecule has 0 spiro atoms. The van der Waals surface area contributed by atoms with E-state index in [1.165, 1.54) is 7.11 Å². The number of ether oxygens (including phenoxy) is 4. The quantitative estimate of drug-likeness (QED) is 0.416. The summed E-state index contributed by atoms with van der Waals surface area (Å²) in [7, 11) is 1.47. The number of carbonyl (C=O) groups excluding carboxylic acids is 2. The zero-order valence-corrected chi connectivity index (χ0v) is 12.3. The third-order valence-electron chi connectivity index (χ3n) is 2.97. The lowest BCUT2D eigenvalue weighted by molar-refractivity contribution is -0.193. The van der Waals surface area contributed by atoms with Crippen LogP contribution in [0.4, 0.5) is 0 Å². The van der Waals surface area contributed by atoms with E-state index < -0.39 is 30.1 Å². The van der Waals surface area contributed by atoms with Crippen LogP contribution in [0.5, 0.6) is 0 Å². The van der Waals surface area contributed by atoms with Crippen LogP contribution < -0.4 is 0 Å². The van der Waals surface area contributed by atoms with Crippen LogP contribution in [0.25, 0.3) is 0 Å². The Morgan fingerprint density at radius 1 is 1.15 bits per heavy atom. The maximum atomic E-state index is 12.0. The Labute approximate surface area is 119 Å². The zero-order valence-electron chi connectivity index (χ0n) is 12.3. The van der Waals surface area contributed by atoms with Crippen molar-refractivity contribution in [1.29, 1.82) is 0 Å². The fraction of sp³-hybridized carbons (Fsp3) is 0.714. The second-order valence-electron chi connectivity index (χ2n) is 4.39. The summed E-state index contributed by atoms with van der Waals surface area (Å²) in [6, 6.07) is 0. The molecule has 1 heterocycles. The Balaban J connectivity index is 2.98. The second-order valence-corrected chi connectivity index (χ2v) is 4.39. The molecular weight excluding hydrogens is 264 g/mol. The van der Waals surface area contributed by atoms with E-state index in [0.29, 0.717) is 0 Å². The summed E-state index contributed by atoms with van der Waals surface area (Å²) >= 11 is 0. The molecule has 6 nitrogen and oxygen atoms in total. The van der Waals surface area contributed by atoms with Crippen molar-refractivity contribution in [2.75, 3.05) is 20.3 Å². The van der Waals surface area contributed by atoms with E-state index in [9.17, 15) is 9.59 Å². The first-order valence-corrected chi connectivity index (χ1v) is 6.74. The molecule has 0 aromatic heterocycles. The Bertz CT molecular complexity index is 347. The summed E-state index contributed by atoms with van der Waals surface area (Å²) in [6.45, 7) is 5.61. The van der Waals surface area contributed by atoms with Crippen LogP contribution >= 0.6 is 0 Å². The van der Waals surface area contributed by atoms with Crippen LogP contribution in [0.3, 0.4) is 0 Å². The summed E-state index contributed by atoms with van der Waals surface area (Å²) in [5.74, 6) is -2.89. The minimum Gasteiger partial charge on any atom is -0.465 e. The van der Waals surface area contributed by atoms with Gasteiger partial charge in [0.1, 0.15) is 0 Å². The summed E-state index contributed by atoms with van der Waals surface area (Å²) in [4.78, 5) is 24.1. The largest absolute Gasteiger partial charge is 0.465 e. The highest BCUT2D eigenvalue weighted by Crippen LogP contribution is 2.28. The molecule has 0 saturated carbocycles. The lowest BCUT2D eigenvalue weighted by Gasteiger charge is -2.32. The molecule has 6 heteroatoms. The lowest BCUT2D eigenvalue weighted by atomic mass is 9.89. The van der Waals surface area contributed by atoms with Crippen LogP contribution in [-0.2, 0) is 28.5 Å². The molecule has 0 saturated heterocycles. The molecule has 0 bridgehead atoms. The van der Waals surface area contributed by atoms with Gasteiger partial charge in [0.15, 0.2) is 12.2 Å². The number of esters is 2. The molecule has 3 atom stereocenters. The summed E-state index contributed by atoms with van der Waals surface area (Å²) in [5, 5.41) is 0. The SMILES string of the molecule is CCOC(=O)C(C(=O)OCC)[C@@H]1C=C[C@H](C)O[C@@H]1OC. The summed E-state index contributed by atoms with van der Waals surface area (Å²) in [5.41, 5.74) is 0. The third-order valence-corrected chi connectivity index (χ3v) is 2.97. The Morgan fingerprint density at radius 3 is 2.15 bits per heavy atom. The van der Waals surface area contributed by atoms with Gasteiger partial charge in [-0.3, -0.25) is 9.59 Å². The van der Waals surface area contributed by atoms with Gasteiger partial charge in [-0.15, -0.1) is 0 Å². The van der Waals surface area contributed by atoms with Crippen molar-refractivity contribution in [3.8, 4) is 0 Å². The van der Waals surface area contributed by atoms with E-state index in [2.05, 4.69) is 0 Å². The van der Waals surface area contributed by atoms with E-state index in [0.717, 1.165) is 0 Å². The normalized spacial score (nSPS) is 25.6. The van der Waals surface area contributed by atoms with Gasteiger partial charge in [-0.25, -0.2) is 0 Å². The van der Waals surface area contributed by atoms with E-state index >= 15 is 0 Å². The minimum atomic E-state index is -1.08. The average Bonchev–Trinajstić information content (AvgIpc) is 2.41. The highest BCUT2D eigenvalue weighted by atomic mass is 16.7. The van der Waals surface area contributed by atoms with Crippen molar-refractivity contribution >= 4 is 11.9 Å². The third kappa shape index (κ3) is 4.05. The number of hydrogen-bond donors (Lipinski definition) is 0. The molecule has 1 rings (SSSR count). The molecule has 0 amide bonds. The van der Waals surface area contributed by atoms with Crippen molar-refractivity contribution < 1.29 is 28.5 Å². The van der Waals surface area contributed by atoms with Crippen LogP contribution in [0.1, 0.15) is 20.8 Å². The highest BCUT2D eigenvalue weighted by Gasteiger charge is 2.42. The van der Waals surface area contributed by atoms with Crippen LogP contribution in [0.2, 0.25) is 0 Å². The molecule has 0 aliphatic carbocycles. The van der Waals surface area contributed by atoms with Gasteiger partial charge in [-0.05, 0) is 20.8 Å². The predicted octanol–water partition coefficient (Wildman–Crippen LogP) is 1.29. The van der Waals surface area contributed by atoms with Gasteiger partial charge in [0.2, 0.25) is 0 Å². The maximum Gasteiger partial charge on any atom is 0.321 e. The van der Waals surface area contributed by atoms with Crippen LogP contribution in [0.15, 0.2) is 12.2 Å². The Morgan fingerprint density at radius 2 is 1.70 bits per heavy atom. The Hall–Kier alpha value is -1.40. The van der Waals surface area contributed by atoms with Gasteiger partial charge in [0, 0.05) is 7.11 Å². The van der Waals surface area contributed by atoms with E-state index in [1.807, 2.05) is 6.92 Å². The number of rotatable bonds is 6. The predicted molar refractivity (Wildman–Crippen MR) is 70.7 cm³/mol. The molecule has 20 heavy (non-hydrogen) atoms. The van der Waals surface area contributed by atoms with Gasteiger partial charge >= 0.3 is 11.9 Å². The molecule has 0 aromatic rings. The topological polar surface area (TPSA) is 71.1 Å². The van der Waals surface area contributed by atoms with E-state index in [1.54, 1.807) is 26.0 Å². The standard InChI is InChI=1S/C14H22O6/c1-5-18-12(15)11(13(16)19-6-2)10-8-7-9(3)20-14(10)17-4/h7-11,14H,5-6H2,1-4H3/t9-,10-,14-/m0/s1. The van der Waals surface area contributed by atoms with Crippen molar-refractivity contribution in [2.45, 2.75) is 33.2 Å². The molecule has 1 aliphatic rings. The van der Waals surface area contributed by atoms with Crippen LogP contribution in [0, 0.1) is 11.8 Å². The smallest absolute Gasteiger partial charge is 0.321 e. The maximum absolute atomic E-state index is 12.0. The first-order chi connectivity index (χ1) is 9.54. The fourth-order valence-electron chi connectivity index (χ4n) is 2.08. The van der Waals surface area contributed by atoms with Crippen LogP contribution in [-0.4, -0.2) is 44.7 Å². The molecule has 0 unspecified atom stereocenters.